The smallest absolute Gasteiger partial charge is 0.337 e. The molecule has 0 atom stereocenters. The van der Waals surface area contributed by atoms with E-state index in [-0.39, 0.29) is 11.4 Å². The summed E-state index contributed by atoms with van der Waals surface area (Å²) in [5, 5.41) is 8.61. The zero-order chi connectivity index (χ0) is 12.3. The van der Waals surface area contributed by atoms with E-state index >= 15 is 0 Å². The first-order valence-electron chi connectivity index (χ1n) is 4.22. The number of rotatable bonds is 4. The predicted octanol–water partition coefficient (Wildman–Crippen LogP) is -0.00190. The molecule has 1 aromatic heterocycles. The molecule has 0 bridgehead atoms. The standard InChI is InChI=1S/C8H11N3O4S/c1-11(2)16(14,15)10-7-4-3-6(5-9-7)8(12)13/h3-5H,1-2H3,(H,9,10)(H,12,13). The van der Waals surface area contributed by atoms with Crippen molar-refractivity contribution in [2.24, 2.45) is 0 Å². The minimum absolute atomic E-state index is 0.00667. The molecule has 0 aromatic carbocycles. The van der Waals surface area contributed by atoms with Gasteiger partial charge in [-0.15, -0.1) is 0 Å². The molecule has 88 valence electrons. The molecule has 0 unspecified atom stereocenters. The van der Waals surface area contributed by atoms with E-state index < -0.39 is 16.2 Å². The molecule has 0 spiro atoms. The number of aromatic carboxylic acids is 1. The number of pyridine rings is 1. The molecule has 7 nitrogen and oxygen atoms in total. The topological polar surface area (TPSA) is 99.6 Å². The largest absolute Gasteiger partial charge is 0.478 e. The number of nitrogens with zero attached hydrogens (tertiary/aromatic N) is 2. The molecular weight excluding hydrogens is 234 g/mol. The van der Waals surface area contributed by atoms with Crippen LogP contribution in [0.4, 0.5) is 5.82 Å². The average molecular weight is 245 g/mol. The first kappa shape index (κ1) is 12.4. The second-order valence-electron chi connectivity index (χ2n) is 3.13. The van der Waals surface area contributed by atoms with Gasteiger partial charge in [0.25, 0.3) is 0 Å². The van der Waals surface area contributed by atoms with Crippen LogP contribution in [0.2, 0.25) is 0 Å². The Bertz CT molecular complexity index is 481. The summed E-state index contributed by atoms with van der Waals surface area (Å²) < 4.78 is 25.9. The van der Waals surface area contributed by atoms with Crippen LogP contribution in [0.25, 0.3) is 0 Å². The minimum Gasteiger partial charge on any atom is -0.478 e. The third-order valence-electron chi connectivity index (χ3n) is 1.72. The van der Waals surface area contributed by atoms with Crippen molar-refractivity contribution in [3.8, 4) is 0 Å². The Labute approximate surface area is 92.9 Å². The molecule has 0 fully saturated rings. The summed E-state index contributed by atoms with van der Waals surface area (Å²) in [6, 6.07) is 2.55. The van der Waals surface area contributed by atoms with Gasteiger partial charge in [-0.25, -0.2) is 9.78 Å². The molecule has 2 N–H and O–H groups in total. The van der Waals surface area contributed by atoms with Crippen molar-refractivity contribution < 1.29 is 18.3 Å². The zero-order valence-electron chi connectivity index (χ0n) is 8.71. The van der Waals surface area contributed by atoms with Gasteiger partial charge in [-0.2, -0.15) is 12.7 Å². The van der Waals surface area contributed by atoms with Gasteiger partial charge in [0.05, 0.1) is 5.56 Å². The van der Waals surface area contributed by atoms with Crippen LogP contribution in [-0.4, -0.2) is 42.9 Å². The van der Waals surface area contributed by atoms with Crippen LogP contribution < -0.4 is 4.72 Å². The Hall–Kier alpha value is -1.67. The molecule has 1 aromatic rings. The summed E-state index contributed by atoms with van der Waals surface area (Å²) in [4.78, 5) is 14.2. The van der Waals surface area contributed by atoms with Crippen molar-refractivity contribution in [3.63, 3.8) is 0 Å². The fourth-order valence-corrected chi connectivity index (χ4v) is 1.37. The Morgan fingerprint density at radius 2 is 2.06 bits per heavy atom. The van der Waals surface area contributed by atoms with E-state index in [4.69, 9.17) is 5.11 Å². The monoisotopic (exact) mass is 245 g/mol. The van der Waals surface area contributed by atoms with Gasteiger partial charge in [-0.1, -0.05) is 0 Å². The van der Waals surface area contributed by atoms with Crippen molar-refractivity contribution >= 4 is 22.0 Å². The highest BCUT2D eigenvalue weighted by molar-refractivity contribution is 7.90. The predicted molar refractivity (Wildman–Crippen MR) is 57.4 cm³/mol. The van der Waals surface area contributed by atoms with Gasteiger partial charge >= 0.3 is 16.2 Å². The summed E-state index contributed by atoms with van der Waals surface area (Å²) in [5.74, 6) is -1.05. The lowest BCUT2D eigenvalue weighted by atomic mass is 10.3. The van der Waals surface area contributed by atoms with Gasteiger partial charge in [0.1, 0.15) is 5.82 Å². The summed E-state index contributed by atoms with van der Waals surface area (Å²) in [6.45, 7) is 0. The highest BCUT2D eigenvalue weighted by Crippen LogP contribution is 2.07. The summed E-state index contributed by atoms with van der Waals surface area (Å²) in [6.07, 6.45) is 1.08. The number of aromatic nitrogens is 1. The maximum Gasteiger partial charge on any atom is 0.337 e. The fraction of sp³-hybridized carbons (Fsp3) is 0.250. The van der Waals surface area contributed by atoms with Crippen LogP contribution in [0.15, 0.2) is 18.3 Å². The van der Waals surface area contributed by atoms with E-state index in [9.17, 15) is 13.2 Å². The van der Waals surface area contributed by atoms with E-state index in [0.29, 0.717) is 0 Å². The van der Waals surface area contributed by atoms with Gasteiger partial charge in [0.2, 0.25) is 0 Å². The molecule has 1 heterocycles. The number of nitrogens with one attached hydrogen (secondary N) is 1. The highest BCUT2D eigenvalue weighted by Gasteiger charge is 2.13. The Morgan fingerprint density at radius 3 is 2.44 bits per heavy atom. The van der Waals surface area contributed by atoms with Crippen LogP contribution >= 0.6 is 0 Å². The maximum atomic E-state index is 11.4. The van der Waals surface area contributed by atoms with Crippen LogP contribution in [0.1, 0.15) is 10.4 Å². The lowest BCUT2D eigenvalue weighted by Gasteiger charge is -2.12. The quantitative estimate of drug-likeness (QED) is 0.777. The van der Waals surface area contributed by atoms with E-state index in [1.54, 1.807) is 0 Å². The molecule has 16 heavy (non-hydrogen) atoms. The number of anilines is 1. The lowest BCUT2D eigenvalue weighted by molar-refractivity contribution is 0.0696. The second-order valence-corrected chi connectivity index (χ2v) is 5.01. The van der Waals surface area contributed by atoms with Gasteiger partial charge in [0, 0.05) is 20.3 Å². The number of hydrogen-bond acceptors (Lipinski definition) is 4. The summed E-state index contributed by atoms with van der Waals surface area (Å²) >= 11 is 0. The molecule has 0 saturated carbocycles. The Kier molecular flexibility index (Phi) is 3.45. The minimum atomic E-state index is -3.61. The Balaban J connectivity index is 2.89. The van der Waals surface area contributed by atoms with Crippen molar-refractivity contribution in [2.45, 2.75) is 0 Å². The van der Waals surface area contributed by atoms with Crippen LogP contribution in [-0.2, 0) is 10.2 Å². The van der Waals surface area contributed by atoms with Gasteiger partial charge in [-0.05, 0) is 12.1 Å². The number of carbonyl (C=O) groups is 1. The summed E-state index contributed by atoms with van der Waals surface area (Å²) in [5.41, 5.74) is -0.00667. The van der Waals surface area contributed by atoms with Crippen LogP contribution in [0.5, 0.6) is 0 Å². The highest BCUT2D eigenvalue weighted by atomic mass is 32.2. The second kappa shape index (κ2) is 4.45. The molecule has 1 rings (SSSR count). The lowest BCUT2D eigenvalue weighted by Crippen LogP contribution is -2.29. The third kappa shape index (κ3) is 2.91. The number of carboxylic acid groups (broad SMARTS) is 1. The molecule has 0 aliphatic rings. The van der Waals surface area contributed by atoms with E-state index in [0.717, 1.165) is 10.5 Å². The molecule has 8 heteroatoms. The molecule has 0 saturated heterocycles. The van der Waals surface area contributed by atoms with Crippen molar-refractivity contribution in [3.05, 3.63) is 23.9 Å². The molecule has 0 amide bonds. The van der Waals surface area contributed by atoms with E-state index in [1.165, 1.54) is 26.2 Å². The first-order valence-corrected chi connectivity index (χ1v) is 5.66. The van der Waals surface area contributed by atoms with Crippen molar-refractivity contribution in [1.82, 2.24) is 9.29 Å². The maximum absolute atomic E-state index is 11.4. The van der Waals surface area contributed by atoms with Crippen LogP contribution in [0.3, 0.4) is 0 Å². The van der Waals surface area contributed by atoms with E-state index in [1.807, 2.05) is 0 Å². The van der Waals surface area contributed by atoms with Crippen molar-refractivity contribution in [1.29, 1.82) is 0 Å². The first-order chi connectivity index (χ1) is 7.33. The van der Waals surface area contributed by atoms with E-state index in [2.05, 4.69) is 9.71 Å². The normalized spacial score (nSPS) is 11.4. The SMILES string of the molecule is CN(C)S(=O)(=O)Nc1ccc(C(=O)O)cn1. The average Bonchev–Trinajstić information content (AvgIpc) is 2.17. The fourth-order valence-electron chi connectivity index (χ4n) is 0.804. The summed E-state index contributed by atoms with van der Waals surface area (Å²) in [7, 11) is -0.873. The zero-order valence-corrected chi connectivity index (χ0v) is 9.52. The molecule has 0 aliphatic carbocycles. The third-order valence-corrected chi connectivity index (χ3v) is 3.15. The van der Waals surface area contributed by atoms with Crippen molar-refractivity contribution in [2.75, 3.05) is 18.8 Å². The molecular formula is C8H11N3O4S. The Morgan fingerprint density at radius 1 is 1.44 bits per heavy atom. The van der Waals surface area contributed by atoms with Gasteiger partial charge < -0.3 is 5.11 Å². The number of hydrogen-bond donors (Lipinski definition) is 2. The number of carboxylic acids is 1. The van der Waals surface area contributed by atoms with Crippen LogP contribution in [0, 0.1) is 0 Å². The van der Waals surface area contributed by atoms with Gasteiger partial charge in [0.15, 0.2) is 0 Å². The molecule has 0 radical (unpaired) electrons. The van der Waals surface area contributed by atoms with Gasteiger partial charge in [-0.3, -0.25) is 4.72 Å². The molecule has 0 aliphatic heterocycles.